The predicted octanol–water partition coefficient (Wildman–Crippen LogP) is 8.84. The summed E-state index contributed by atoms with van der Waals surface area (Å²) >= 11 is 25.7. The Labute approximate surface area is 195 Å². The normalized spacial score (nSPS) is 11.7. The SMILES string of the molecule is O=P(Cc1c(Cl)cccc1Cl)(Cc1c(Cl)cccc1Cl)c1ccc2ccccc2c1. The molecule has 0 aromatic heterocycles. The summed E-state index contributed by atoms with van der Waals surface area (Å²) in [6.45, 7) is 0. The third-order valence-corrected chi connectivity index (χ3v) is 9.44. The van der Waals surface area contributed by atoms with E-state index < -0.39 is 7.14 Å². The first-order valence-corrected chi connectivity index (χ1v) is 12.9. The van der Waals surface area contributed by atoms with Gasteiger partial charge in [-0.1, -0.05) is 94.9 Å². The topological polar surface area (TPSA) is 17.1 Å². The first-order chi connectivity index (χ1) is 14.4. The van der Waals surface area contributed by atoms with Crippen molar-refractivity contribution in [1.82, 2.24) is 0 Å². The zero-order valence-corrected chi connectivity index (χ0v) is 19.7. The van der Waals surface area contributed by atoms with E-state index in [0.29, 0.717) is 31.2 Å². The molecule has 6 heteroatoms. The molecular weight excluding hydrogens is 477 g/mol. The molecule has 0 aliphatic heterocycles. The molecule has 0 spiro atoms. The van der Waals surface area contributed by atoms with Gasteiger partial charge >= 0.3 is 0 Å². The summed E-state index contributed by atoms with van der Waals surface area (Å²) in [5, 5.41) is 4.82. The maximum Gasteiger partial charge on any atom is 0.124 e. The van der Waals surface area contributed by atoms with Crippen molar-refractivity contribution in [3.63, 3.8) is 0 Å². The van der Waals surface area contributed by atoms with Crippen LogP contribution in [-0.4, -0.2) is 0 Å². The van der Waals surface area contributed by atoms with Gasteiger partial charge in [-0.25, -0.2) is 0 Å². The van der Waals surface area contributed by atoms with Crippen LogP contribution in [0.15, 0.2) is 78.9 Å². The molecule has 30 heavy (non-hydrogen) atoms. The van der Waals surface area contributed by atoms with Gasteiger partial charge in [0.05, 0.1) is 0 Å². The highest BCUT2D eigenvalue weighted by Gasteiger charge is 2.30. The zero-order chi connectivity index (χ0) is 21.3. The van der Waals surface area contributed by atoms with Crippen LogP contribution in [0.3, 0.4) is 0 Å². The third-order valence-electron chi connectivity index (χ3n) is 5.15. The highest BCUT2D eigenvalue weighted by molar-refractivity contribution is 7.70. The molecule has 0 N–H and O–H groups in total. The molecule has 152 valence electrons. The Kier molecular flexibility index (Phi) is 6.49. The molecule has 0 saturated carbocycles. The van der Waals surface area contributed by atoms with E-state index in [0.717, 1.165) is 16.1 Å². The molecule has 0 atom stereocenters. The van der Waals surface area contributed by atoms with Gasteiger partial charge in [-0.05, 0) is 52.2 Å². The van der Waals surface area contributed by atoms with E-state index >= 15 is 0 Å². The minimum atomic E-state index is -3.07. The van der Waals surface area contributed by atoms with Crippen LogP contribution in [0, 0.1) is 0 Å². The van der Waals surface area contributed by atoms with Gasteiger partial charge in [0.15, 0.2) is 0 Å². The van der Waals surface area contributed by atoms with Crippen LogP contribution >= 0.6 is 53.5 Å². The second kappa shape index (κ2) is 8.95. The number of hydrogen-bond donors (Lipinski definition) is 0. The van der Waals surface area contributed by atoms with Crippen molar-refractivity contribution in [3.05, 3.63) is 110 Å². The second-order valence-corrected chi connectivity index (χ2v) is 11.7. The third kappa shape index (κ3) is 4.42. The number of fused-ring (bicyclic) bond motifs is 1. The fourth-order valence-corrected chi connectivity index (χ4v) is 7.88. The van der Waals surface area contributed by atoms with E-state index in [1.54, 1.807) is 36.4 Å². The van der Waals surface area contributed by atoms with Gasteiger partial charge in [0.25, 0.3) is 0 Å². The van der Waals surface area contributed by atoms with Crippen LogP contribution in [0.5, 0.6) is 0 Å². The summed E-state index contributed by atoms with van der Waals surface area (Å²) in [4.78, 5) is 0. The van der Waals surface area contributed by atoms with Crippen molar-refractivity contribution in [2.24, 2.45) is 0 Å². The molecule has 1 nitrogen and oxygen atoms in total. The Morgan fingerprint density at radius 3 is 1.53 bits per heavy atom. The van der Waals surface area contributed by atoms with Crippen molar-refractivity contribution in [1.29, 1.82) is 0 Å². The van der Waals surface area contributed by atoms with Crippen molar-refractivity contribution in [3.8, 4) is 0 Å². The Balaban J connectivity index is 1.88. The first-order valence-electron chi connectivity index (χ1n) is 9.31. The van der Waals surface area contributed by atoms with Gasteiger partial charge in [0.2, 0.25) is 0 Å². The summed E-state index contributed by atoms with van der Waals surface area (Å²) in [7, 11) is -3.07. The van der Waals surface area contributed by atoms with Crippen molar-refractivity contribution in [2.45, 2.75) is 12.3 Å². The highest BCUT2D eigenvalue weighted by Crippen LogP contribution is 2.54. The molecular formula is C24H17Cl4OP. The molecule has 4 aromatic rings. The van der Waals surface area contributed by atoms with Crippen LogP contribution in [0.25, 0.3) is 10.8 Å². The molecule has 0 aliphatic carbocycles. The summed E-state index contributed by atoms with van der Waals surface area (Å²) in [6, 6.07) is 24.5. The Morgan fingerprint density at radius 2 is 1.03 bits per heavy atom. The monoisotopic (exact) mass is 492 g/mol. The smallest absolute Gasteiger partial charge is 0.124 e. The van der Waals surface area contributed by atoms with Crippen molar-refractivity contribution in [2.75, 3.05) is 0 Å². The molecule has 0 heterocycles. The molecule has 4 rings (SSSR count). The summed E-state index contributed by atoms with van der Waals surface area (Å²) < 4.78 is 14.6. The average Bonchev–Trinajstić information content (AvgIpc) is 2.73. The maximum atomic E-state index is 14.6. The van der Waals surface area contributed by atoms with E-state index in [9.17, 15) is 4.57 Å². The van der Waals surface area contributed by atoms with Gasteiger partial charge < -0.3 is 4.57 Å². The van der Waals surface area contributed by atoms with Crippen LogP contribution in [0.1, 0.15) is 11.1 Å². The van der Waals surface area contributed by atoms with Crippen LogP contribution in [-0.2, 0) is 16.9 Å². The number of rotatable bonds is 5. The average molecular weight is 494 g/mol. The fourth-order valence-electron chi connectivity index (χ4n) is 3.55. The molecule has 0 amide bonds. The quantitative estimate of drug-likeness (QED) is 0.254. The lowest BCUT2D eigenvalue weighted by atomic mass is 10.1. The largest absolute Gasteiger partial charge is 0.318 e. The molecule has 0 bridgehead atoms. The first kappa shape index (κ1) is 21.8. The van der Waals surface area contributed by atoms with E-state index in [-0.39, 0.29) is 12.3 Å². The van der Waals surface area contributed by atoms with Crippen molar-refractivity contribution >= 4 is 69.6 Å². The van der Waals surface area contributed by atoms with Crippen LogP contribution in [0.4, 0.5) is 0 Å². The number of hydrogen-bond acceptors (Lipinski definition) is 1. The van der Waals surface area contributed by atoms with Crippen molar-refractivity contribution < 1.29 is 4.57 Å². The molecule has 0 saturated heterocycles. The summed E-state index contributed by atoms with van der Waals surface area (Å²) in [5.74, 6) is 0. The lowest BCUT2D eigenvalue weighted by Crippen LogP contribution is -2.10. The Morgan fingerprint density at radius 1 is 0.567 bits per heavy atom. The van der Waals surface area contributed by atoms with E-state index in [1.165, 1.54) is 0 Å². The Bertz CT molecular complexity index is 1190. The Hall–Kier alpha value is -1.47. The molecule has 0 fully saturated rings. The zero-order valence-electron chi connectivity index (χ0n) is 15.8. The maximum absolute atomic E-state index is 14.6. The molecule has 0 radical (unpaired) electrons. The number of halogens is 4. The van der Waals surface area contributed by atoms with Gasteiger partial charge in [-0.3, -0.25) is 0 Å². The molecule has 4 aromatic carbocycles. The summed E-state index contributed by atoms with van der Waals surface area (Å²) in [5.41, 5.74) is 1.33. The predicted molar refractivity (Wildman–Crippen MR) is 132 cm³/mol. The minimum absolute atomic E-state index is 0.214. The van der Waals surface area contributed by atoms with E-state index in [1.807, 2.05) is 42.5 Å². The summed E-state index contributed by atoms with van der Waals surface area (Å²) in [6.07, 6.45) is 0.427. The molecule has 0 unspecified atom stereocenters. The molecule has 0 aliphatic rings. The standard InChI is InChI=1S/C24H17Cl4OP/c25-21-7-3-8-22(26)19(21)14-30(29,15-20-23(27)9-4-10-24(20)28)18-12-11-16-5-1-2-6-17(16)13-18/h1-13H,14-15H2. The highest BCUT2D eigenvalue weighted by atomic mass is 35.5. The van der Waals surface area contributed by atoms with Gasteiger partial charge in [0.1, 0.15) is 7.14 Å². The van der Waals surface area contributed by atoms with Gasteiger partial charge in [0, 0.05) is 37.7 Å². The van der Waals surface area contributed by atoms with Crippen LogP contribution < -0.4 is 5.30 Å². The van der Waals surface area contributed by atoms with E-state index in [2.05, 4.69) is 0 Å². The fraction of sp³-hybridized carbons (Fsp3) is 0.0833. The van der Waals surface area contributed by atoms with Crippen LogP contribution in [0.2, 0.25) is 20.1 Å². The second-order valence-electron chi connectivity index (χ2n) is 7.14. The lowest BCUT2D eigenvalue weighted by Gasteiger charge is -2.22. The minimum Gasteiger partial charge on any atom is -0.318 e. The lowest BCUT2D eigenvalue weighted by molar-refractivity contribution is 0.580. The van der Waals surface area contributed by atoms with Gasteiger partial charge in [-0.15, -0.1) is 0 Å². The van der Waals surface area contributed by atoms with Gasteiger partial charge in [-0.2, -0.15) is 0 Å². The number of benzene rings is 4. The van der Waals surface area contributed by atoms with E-state index in [4.69, 9.17) is 46.4 Å².